The second kappa shape index (κ2) is 9.80. The van der Waals surface area contributed by atoms with E-state index in [1.165, 1.54) is 48.7 Å². The van der Waals surface area contributed by atoms with Crippen molar-refractivity contribution in [3.63, 3.8) is 0 Å². The highest BCUT2D eigenvalue weighted by Crippen LogP contribution is 2.38. The standard InChI is InChI=1S/C22H19ClN2O6S/c1-3-30-21-13-16(14-24-17-6-8-18(9-7-17)25(26)27)12-20(23)22(21)31-32(28,29)19-10-4-15(2)5-11-19/h4-14H,3H2,1-2H3. The van der Waals surface area contributed by atoms with E-state index >= 15 is 0 Å². The Morgan fingerprint density at radius 2 is 1.75 bits per heavy atom. The van der Waals surface area contributed by atoms with Crippen LogP contribution in [0.3, 0.4) is 0 Å². The molecule has 0 unspecified atom stereocenters. The second-order valence-electron chi connectivity index (χ2n) is 6.65. The van der Waals surface area contributed by atoms with Crippen molar-refractivity contribution in [1.29, 1.82) is 0 Å². The quantitative estimate of drug-likeness (QED) is 0.185. The van der Waals surface area contributed by atoms with Gasteiger partial charge in [0, 0.05) is 18.3 Å². The summed E-state index contributed by atoms with van der Waals surface area (Å²) in [6, 6.07) is 15.0. The summed E-state index contributed by atoms with van der Waals surface area (Å²) >= 11 is 6.32. The summed E-state index contributed by atoms with van der Waals surface area (Å²) in [7, 11) is -4.13. The lowest BCUT2D eigenvalue weighted by atomic mass is 10.2. The van der Waals surface area contributed by atoms with E-state index in [1.54, 1.807) is 25.1 Å². The molecule has 0 spiro atoms. The van der Waals surface area contributed by atoms with Crippen LogP contribution in [0.25, 0.3) is 0 Å². The van der Waals surface area contributed by atoms with E-state index in [2.05, 4.69) is 4.99 Å². The third-order valence-corrected chi connectivity index (χ3v) is 5.77. The van der Waals surface area contributed by atoms with Gasteiger partial charge in [0.15, 0.2) is 5.75 Å². The summed E-state index contributed by atoms with van der Waals surface area (Å²) in [5.41, 5.74) is 1.89. The molecular formula is C22H19ClN2O6S. The minimum Gasteiger partial charge on any atom is -0.490 e. The highest BCUT2D eigenvalue weighted by Gasteiger charge is 2.22. The van der Waals surface area contributed by atoms with Gasteiger partial charge in [-0.1, -0.05) is 29.3 Å². The van der Waals surface area contributed by atoms with Crippen molar-refractivity contribution in [1.82, 2.24) is 0 Å². The molecule has 0 saturated carbocycles. The normalized spacial score (nSPS) is 11.5. The zero-order valence-electron chi connectivity index (χ0n) is 17.2. The molecule has 0 aliphatic carbocycles. The molecule has 0 radical (unpaired) electrons. The van der Waals surface area contributed by atoms with Crippen molar-refractivity contribution >= 4 is 39.3 Å². The van der Waals surface area contributed by atoms with Crippen LogP contribution in [0.4, 0.5) is 11.4 Å². The monoisotopic (exact) mass is 474 g/mol. The Morgan fingerprint density at radius 1 is 1.09 bits per heavy atom. The van der Waals surface area contributed by atoms with Crippen LogP contribution in [-0.4, -0.2) is 26.2 Å². The third kappa shape index (κ3) is 5.63. The Kier molecular flexibility index (Phi) is 7.12. The molecule has 0 fully saturated rings. The van der Waals surface area contributed by atoms with Gasteiger partial charge in [-0.05, 0) is 55.8 Å². The average Bonchev–Trinajstić information content (AvgIpc) is 2.75. The Balaban J connectivity index is 1.90. The number of halogens is 1. The highest BCUT2D eigenvalue weighted by molar-refractivity contribution is 7.87. The van der Waals surface area contributed by atoms with Crippen LogP contribution in [-0.2, 0) is 10.1 Å². The van der Waals surface area contributed by atoms with Crippen LogP contribution < -0.4 is 8.92 Å². The van der Waals surface area contributed by atoms with E-state index in [1.807, 2.05) is 6.92 Å². The average molecular weight is 475 g/mol. The van der Waals surface area contributed by atoms with Crippen molar-refractivity contribution in [2.75, 3.05) is 6.61 Å². The van der Waals surface area contributed by atoms with Crippen LogP contribution in [0.1, 0.15) is 18.1 Å². The number of hydrogen-bond acceptors (Lipinski definition) is 7. The number of nitro groups is 1. The first kappa shape index (κ1) is 23.2. The van der Waals surface area contributed by atoms with Crippen molar-refractivity contribution in [3.05, 3.63) is 86.9 Å². The number of nitrogens with zero attached hydrogens (tertiary/aromatic N) is 2. The predicted octanol–water partition coefficient (Wildman–Crippen LogP) is 5.47. The summed E-state index contributed by atoms with van der Waals surface area (Å²) in [4.78, 5) is 14.5. The SMILES string of the molecule is CCOc1cc(C=Nc2ccc([N+](=O)[O-])cc2)cc(Cl)c1OS(=O)(=O)c1ccc(C)cc1. The second-order valence-corrected chi connectivity index (χ2v) is 8.60. The lowest BCUT2D eigenvalue weighted by Crippen LogP contribution is -2.11. The van der Waals surface area contributed by atoms with E-state index in [4.69, 9.17) is 20.5 Å². The molecule has 0 aliphatic heterocycles. The predicted molar refractivity (Wildman–Crippen MR) is 122 cm³/mol. The number of aryl methyl sites for hydroxylation is 1. The smallest absolute Gasteiger partial charge is 0.339 e. The van der Waals surface area contributed by atoms with Gasteiger partial charge in [0.2, 0.25) is 5.75 Å². The number of nitro benzene ring substituents is 1. The number of aliphatic imine (C=N–C) groups is 1. The van der Waals surface area contributed by atoms with Crippen molar-refractivity contribution in [2.24, 2.45) is 4.99 Å². The lowest BCUT2D eigenvalue weighted by Gasteiger charge is -2.14. The van der Waals surface area contributed by atoms with Crippen molar-refractivity contribution in [3.8, 4) is 11.5 Å². The van der Waals surface area contributed by atoms with Gasteiger partial charge in [-0.2, -0.15) is 8.42 Å². The zero-order valence-corrected chi connectivity index (χ0v) is 18.8. The Bertz CT molecular complexity index is 1260. The molecule has 0 N–H and O–H groups in total. The minimum atomic E-state index is -4.13. The molecule has 0 amide bonds. The molecular weight excluding hydrogens is 456 g/mol. The largest absolute Gasteiger partial charge is 0.490 e. The van der Waals surface area contributed by atoms with E-state index in [9.17, 15) is 18.5 Å². The number of benzene rings is 3. The van der Waals surface area contributed by atoms with Crippen LogP contribution in [0.5, 0.6) is 11.5 Å². The molecule has 32 heavy (non-hydrogen) atoms. The molecule has 10 heteroatoms. The van der Waals surface area contributed by atoms with Crippen LogP contribution in [0.2, 0.25) is 5.02 Å². The number of non-ortho nitro benzene ring substituents is 1. The summed E-state index contributed by atoms with van der Waals surface area (Å²) in [5.74, 6) is 0.0161. The maximum atomic E-state index is 12.7. The molecule has 0 heterocycles. The number of rotatable bonds is 8. The molecule has 3 rings (SSSR count). The summed E-state index contributed by atoms with van der Waals surface area (Å²) in [6.45, 7) is 3.84. The molecule has 8 nitrogen and oxygen atoms in total. The summed E-state index contributed by atoms with van der Waals surface area (Å²) in [5, 5.41) is 10.8. The van der Waals surface area contributed by atoms with Crippen molar-refractivity contribution < 1.29 is 22.3 Å². The van der Waals surface area contributed by atoms with Gasteiger partial charge >= 0.3 is 10.1 Å². The fraction of sp³-hybridized carbons (Fsp3) is 0.136. The highest BCUT2D eigenvalue weighted by atomic mass is 35.5. The van der Waals surface area contributed by atoms with Gasteiger partial charge in [-0.25, -0.2) is 0 Å². The molecule has 0 atom stereocenters. The fourth-order valence-corrected chi connectivity index (χ4v) is 3.94. The van der Waals surface area contributed by atoms with Crippen LogP contribution >= 0.6 is 11.6 Å². The zero-order chi connectivity index (χ0) is 23.3. The van der Waals surface area contributed by atoms with Gasteiger partial charge < -0.3 is 8.92 Å². The Morgan fingerprint density at radius 3 is 2.34 bits per heavy atom. The van der Waals surface area contributed by atoms with E-state index in [0.29, 0.717) is 11.3 Å². The third-order valence-electron chi connectivity index (χ3n) is 4.26. The minimum absolute atomic E-state index is 0.00887. The first-order chi connectivity index (χ1) is 15.2. The van der Waals surface area contributed by atoms with Gasteiger partial charge in [-0.15, -0.1) is 0 Å². The first-order valence-electron chi connectivity index (χ1n) is 9.45. The van der Waals surface area contributed by atoms with Gasteiger partial charge in [-0.3, -0.25) is 15.1 Å². The molecule has 0 aliphatic rings. The molecule has 0 bridgehead atoms. The molecule has 3 aromatic carbocycles. The van der Waals surface area contributed by atoms with Crippen molar-refractivity contribution in [2.45, 2.75) is 18.7 Å². The molecule has 0 aromatic heterocycles. The maximum absolute atomic E-state index is 12.7. The molecule has 3 aromatic rings. The van der Waals surface area contributed by atoms with E-state index < -0.39 is 15.0 Å². The van der Waals surface area contributed by atoms with Crippen LogP contribution in [0, 0.1) is 17.0 Å². The number of ether oxygens (including phenoxy) is 1. The number of hydrogen-bond donors (Lipinski definition) is 0. The Hall–Kier alpha value is -3.43. The fourth-order valence-electron chi connectivity index (χ4n) is 2.68. The van der Waals surface area contributed by atoms with E-state index in [0.717, 1.165) is 5.56 Å². The summed E-state index contributed by atoms with van der Waals surface area (Å²) < 4.78 is 36.2. The summed E-state index contributed by atoms with van der Waals surface area (Å²) in [6.07, 6.45) is 1.48. The van der Waals surface area contributed by atoms with Gasteiger partial charge in [0.05, 0.1) is 22.2 Å². The maximum Gasteiger partial charge on any atom is 0.339 e. The van der Waals surface area contributed by atoms with Crippen LogP contribution in [0.15, 0.2) is 70.6 Å². The topological polar surface area (TPSA) is 108 Å². The Labute approximate surface area is 190 Å². The van der Waals surface area contributed by atoms with Gasteiger partial charge in [0.25, 0.3) is 5.69 Å². The molecule has 166 valence electrons. The lowest BCUT2D eigenvalue weighted by molar-refractivity contribution is -0.384. The molecule has 0 saturated heterocycles. The first-order valence-corrected chi connectivity index (χ1v) is 11.2. The van der Waals surface area contributed by atoms with E-state index in [-0.39, 0.29) is 33.7 Å². The van der Waals surface area contributed by atoms with Gasteiger partial charge in [0.1, 0.15) is 4.90 Å².